The van der Waals surface area contributed by atoms with Gasteiger partial charge in [0.05, 0.1) is 6.42 Å². The molecule has 0 bridgehead atoms. The fraction of sp³-hybridized carbons (Fsp3) is 0.900. The maximum Gasteiger partial charge on any atom is 0.389 e. The van der Waals surface area contributed by atoms with Crippen LogP contribution >= 0.6 is 15.9 Å². The third kappa shape index (κ3) is 4.31. The maximum atomic E-state index is 11.9. The molecule has 16 heavy (non-hydrogen) atoms. The highest BCUT2D eigenvalue weighted by atomic mass is 79.9. The number of carbonyl (C=O) groups is 1. The molecule has 1 amide bonds. The zero-order valence-corrected chi connectivity index (χ0v) is 10.5. The van der Waals surface area contributed by atoms with Gasteiger partial charge in [-0.1, -0.05) is 28.8 Å². The van der Waals surface area contributed by atoms with Crippen LogP contribution in [-0.2, 0) is 4.79 Å². The fourth-order valence-electron chi connectivity index (χ4n) is 1.96. The van der Waals surface area contributed by atoms with Crippen molar-refractivity contribution in [1.29, 1.82) is 0 Å². The molecule has 0 aromatic rings. The van der Waals surface area contributed by atoms with E-state index in [9.17, 15) is 18.0 Å². The highest BCUT2D eigenvalue weighted by Crippen LogP contribution is 2.31. The van der Waals surface area contributed by atoms with Crippen LogP contribution in [0, 0.1) is 0 Å². The molecule has 0 unspecified atom stereocenters. The molecule has 94 valence electrons. The van der Waals surface area contributed by atoms with Gasteiger partial charge in [0, 0.05) is 17.3 Å². The van der Waals surface area contributed by atoms with Gasteiger partial charge >= 0.3 is 6.18 Å². The van der Waals surface area contributed by atoms with E-state index in [1.54, 1.807) is 0 Å². The van der Waals surface area contributed by atoms with Gasteiger partial charge in [0.25, 0.3) is 0 Å². The van der Waals surface area contributed by atoms with Gasteiger partial charge in [-0.25, -0.2) is 0 Å². The van der Waals surface area contributed by atoms with Crippen LogP contribution in [0.2, 0.25) is 0 Å². The van der Waals surface area contributed by atoms with Crippen LogP contribution in [-0.4, -0.2) is 23.0 Å². The molecule has 0 radical (unpaired) electrons. The lowest BCUT2D eigenvalue weighted by Gasteiger charge is -2.28. The van der Waals surface area contributed by atoms with Crippen molar-refractivity contribution in [2.45, 2.75) is 50.2 Å². The van der Waals surface area contributed by atoms with E-state index in [4.69, 9.17) is 0 Å². The summed E-state index contributed by atoms with van der Waals surface area (Å²) in [6.45, 7) is 0. The van der Waals surface area contributed by atoms with Crippen LogP contribution in [0.3, 0.4) is 0 Å². The molecule has 0 aliphatic heterocycles. The summed E-state index contributed by atoms with van der Waals surface area (Å²) in [5.74, 6) is -0.501. The minimum absolute atomic E-state index is 0.317. The molecule has 1 aliphatic rings. The van der Waals surface area contributed by atoms with Crippen LogP contribution in [0.5, 0.6) is 0 Å². The Labute approximate surface area is 101 Å². The Kier molecular flexibility index (Phi) is 4.64. The Balaban J connectivity index is 2.38. The molecule has 0 heterocycles. The van der Waals surface area contributed by atoms with Crippen molar-refractivity contribution in [1.82, 2.24) is 5.32 Å². The third-order valence-corrected chi connectivity index (χ3v) is 3.93. The first-order valence-corrected chi connectivity index (χ1v) is 6.43. The topological polar surface area (TPSA) is 29.1 Å². The Hall–Kier alpha value is -0.260. The number of rotatable bonds is 4. The minimum Gasteiger partial charge on any atom is -0.350 e. The highest BCUT2D eigenvalue weighted by Gasteiger charge is 2.35. The lowest BCUT2D eigenvalue weighted by atomic mass is 10.0. The normalized spacial score (nSPS) is 19.8. The van der Waals surface area contributed by atoms with E-state index in [1.807, 2.05) is 0 Å². The average molecular weight is 302 g/mol. The lowest BCUT2D eigenvalue weighted by molar-refractivity contribution is -0.144. The molecule has 0 saturated heterocycles. The number of amides is 1. The molecule has 1 aliphatic carbocycles. The van der Waals surface area contributed by atoms with Gasteiger partial charge in [-0.15, -0.1) is 0 Å². The first kappa shape index (κ1) is 13.8. The van der Waals surface area contributed by atoms with Crippen molar-refractivity contribution in [3.8, 4) is 0 Å². The summed E-state index contributed by atoms with van der Waals surface area (Å²) in [5.41, 5.74) is -0.317. The van der Waals surface area contributed by atoms with Crippen LogP contribution in [0.15, 0.2) is 0 Å². The van der Waals surface area contributed by atoms with Crippen molar-refractivity contribution >= 4 is 21.8 Å². The van der Waals surface area contributed by atoms with Crippen molar-refractivity contribution < 1.29 is 18.0 Å². The second kappa shape index (κ2) is 5.38. The summed E-state index contributed by atoms with van der Waals surface area (Å²) in [6.07, 6.45) is -2.05. The molecule has 0 spiro atoms. The van der Waals surface area contributed by atoms with Gasteiger partial charge < -0.3 is 5.32 Å². The van der Waals surface area contributed by atoms with Crippen molar-refractivity contribution in [2.24, 2.45) is 0 Å². The van der Waals surface area contributed by atoms with Gasteiger partial charge in [-0.3, -0.25) is 4.79 Å². The zero-order chi connectivity index (χ0) is 12.2. The smallest absolute Gasteiger partial charge is 0.350 e. The molecule has 0 atom stereocenters. The van der Waals surface area contributed by atoms with Crippen LogP contribution < -0.4 is 5.32 Å². The maximum absolute atomic E-state index is 11.9. The van der Waals surface area contributed by atoms with E-state index >= 15 is 0 Å². The van der Waals surface area contributed by atoms with Gasteiger partial charge in [-0.05, 0) is 12.8 Å². The molecule has 0 aromatic heterocycles. The number of alkyl halides is 4. The van der Waals surface area contributed by atoms with E-state index in [0.29, 0.717) is 5.33 Å². The van der Waals surface area contributed by atoms with Crippen LogP contribution in [0.25, 0.3) is 0 Å². The predicted molar refractivity (Wildman–Crippen MR) is 58.4 cm³/mol. The second-order valence-electron chi connectivity index (χ2n) is 4.28. The van der Waals surface area contributed by atoms with E-state index in [1.165, 1.54) is 0 Å². The second-order valence-corrected chi connectivity index (χ2v) is 4.85. The van der Waals surface area contributed by atoms with Gasteiger partial charge in [0.15, 0.2) is 0 Å². The number of hydrogen-bond acceptors (Lipinski definition) is 1. The predicted octanol–water partition coefficient (Wildman–Crippen LogP) is 3.15. The highest BCUT2D eigenvalue weighted by molar-refractivity contribution is 9.09. The molecule has 0 aromatic carbocycles. The number of hydrogen-bond donors (Lipinski definition) is 1. The van der Waals surface area contributed by atoms with E-state index in [-0.39, 0.29) is 5.54 Å². The van der Waals surface area contributed by atoms with Crippen molar-refractivity contribution in [3.05, 3.63) is 0 Å². The molecule has 1 rings (SSSR count). The summed E-state index contributed by atoms with van der Waals surface area (Å²) < 4.78 is 35.8. The molecular formula is C10H15BrF3NO. The molecule has 1 N–H and O–H groups in total. The van der Waals surface area contributed by atoms with Gasteiger partial charge in [0.1, 0.15) is 0 Å². The monoisotopic (exact) mass is 301 g/mol. The number of halogens is 4. The van der Waals surface area contributed by atoms with Crippen molar-refractivity contribution in [2.75, 3.05) is 5.33 Å². The quantitative estimate of drug-likeness (QED) is 0.794. The first-order valence-electron chi connectivity index (χ1n) is 5.31. The van der Waals surface area contributed by atoms with Crippen LogP contribution in [0.4, 0.5) is 13.2 Å². The molecule has 2 nitrogen and oxygen atoms in total. The molecule has 6 heteroatoms. The zero-order valence-electron chi connectivity index (χ0n) is 8.87. The lowest BCUT2D eigenvalue weighted by Crippen LogP contribution is -2.47. The summed E-state index contributed by atoms with van der Waals surface area (Å²) in [7, 11) is 0. The van der Waals surface area contributed by atoms with Gasteiger partial charge in [-0.2, -0.15) is 13.2 Å². The average Bonchev–Trinajstić information content (AvgIpc) is 2.63. The van der Waals surface area contributed by atoms with E-state index < -0.39 is 24.9 Å². The first-order chi connectivity index (χ1) is 7.37. The van der Waals surface area contributed by atoms with Gasteiger partial charge in [0.2, 0.25) is 5.91 Å². The summed E-state index contributed by atoms with van der Waals surface area (Å²) in [4.78, 5) is 11.4. The standard InChI is InChI=1S/C10H15BrF3NO/c11-7-9(4-1-2-5-9)15-8(16)3-6-10(12,13)14/h1-7H2,(H,15,16). The molecular weight excluding hydrogens is 287 g/mol. The Morgan fingerprint density at radius 1 is 1.31 bits per heavy atom. The summed E-state index contributed by atoms with van der Waals surface area (Å²) in [6, 6.07) is 0. The third-order valence-electron chi connectivity index (χ3n) is 2.86. The largest absolute Gasteiger partial charge is 0.389 e. The Bertz CT molecular complexity index is 249. The van der Waals surface area contributed by atoms with E-state index in [2.05, 4.69) is 21.2 Å². The number of nitrogens with one attached hydrogen (secondary N) is 1. The Morgan fingerprint density at radius 2 is 1.88 bits per heavy atom. The number of carbonyl (C=O) groups excluding carboxylic acids is 1. The summed E-state index contributed by atoms with van der Waals surface area (Å²) in [5, 5.41) is 3.34. The molecule has 1 fully saturated rings. The van der Waals surface area contributed by atoms with Crippen LogP contribution in [0.1, 0.15) is 38.5 Å². The molecule has 1 saturated carbocycles. The SMILES string of the molecule is O=C(CCC(F)(F)F)NC1(CBr)CCCC1. The Morgan fingerprint density at radius 3 is 2.31 bits per heavy atom. The minimum atomic E-state index is -4.26. The van der Waals surface area contributed by atoms with E-state index in [0.717, 1.165) is 25.7 Å². The summed E-state index contributed by atoms with van der Waals surface area (Å²) >= 11 is 3.32. The van der Waals surface area contributed by atoms with Crippen molar-refractivity contribution in [3.63, 3.8) is 0 Å². The fourth-order valence-corrected chi connectivity index (χ4v) is 2.66.